The number of fused-ring (bicyclic) bond motifs is 1. The molecule has 0 aliphatic heterocycles. The van der Waals surface area contributed by atoms with Crippen LogP contribution in [0.25, 0.3) is 10.9 Å². The Morgan fingerprint density at radius 2 is 1.63 bits per heavy atom. The quantitative estimate of drug-likeness (QED) is 0.312. The van der Waals surface area contributed by atoms with E-state index in [0.29, 0.717) is 17.9 Å². The number of alkyl halides is 3. The van der Waals surface area contributed by atoms with E-state index in [9.17, 15) is 18.0 Å². The average molecular weight is 643 g/mol. The molecule has 3 N–H and O–H groups in total. The van der Waals surface area contributed by atoms with Crippen molar-refractivity contribution < 1.29 is 27.9 Å². The fraction of sp³-hybridized carbons (Fsp3) is 0.385. The molecular weight excluding hydrogens is 614 g/mol. The number of carboxylic acid groups (broad SMARTS) is 1. The molecule has 1 fully saturated rings. The van der Waals surface area contributed by atoms with Crippen molar-refractivity contribution in [1.82, 2.24) is 15.3 Å². The molecule has 2 aromatic carbocycles. The highest BCUT2D eigenvalue weighted by atomic mass is 127. The van der Waals surface area contributed by atoms with Crippen LogP contribution < -0.4 is 15.5 Å². The molecule has 1 aliphatic carbocycles. The predicted molar refractivity (Wildman–Crippen MR) is 148 cm³/mol. The van der Waals surface area contributed by atoms with Crippen molar-refractivity contribution in [2.75, 3.05) is 30.9 Å². The van der Waals surface area contributed by atoms with Gasteiger partial charge in [-0.15, -0.1) is 0 Å². The summed E-state index contributed by atoms with van der Waals surface area (Å²) in [5.74, 6) is -0.602. The highest BCUT2D eigenvalue weighted by Crippen LogP contribution is 2.28. The van der Waals surface area contributed by atoms with E-state index < -0.39 is 12.1 Å². The van der Waals surface area contributed by atoms with Gasteiger partial charge >= 0.3 is 12.1 Å². The molecule has 1 heterocycles. The minimum absolute atomic E-state index is 0.0195. The molecular formula is C26H29F3IN5O3. The van der Waals surface area contributed by atoms with E-state index in [-0.39, 0.29) is 5.91 Å². The molecule has 38 heavy (non-hydrogen) atoms. The number of aliphatic carboxylic acids is 1. The van der Waals surface area contributed by atoms with Gasteiger partial charge in [0.1, 0.15) is 5.82 Å². The van der Waals surface area contributed by atoms with Gasteiger partial charge < -0.3 is 20.6 Å². The van der Waals surface area contributed by atoms with Crippen LogP contribution in [0, 0.1) is 9.49 Å². The highest BCUT2D eigenvalue weighted by molar-refractivity contribution is 14.1. The number of carboxylic acids is 1. The van der Waals surface area contributed by atoms with E-state index in [1.807, 2.05) is 61.5 Å². The number of carbonyl (C=O) groups is 2. The summed E-state index contributed by atoms with van der Waals surface area (Å²) in [7, 11) is 4.02. The van der Waals surface area contributed by atoms with Gasteiger partial charge in [-0.25, -0.2) is 9.78 Å². The molecule has 0 radical (unpaired) electrons. The molecule has 1 aliphatic rings. The first-order valence-corrected chi connectivity index (χ1v) is 13.1. The predicted octanol–water partition coefficient (Wildman–Crippen LogP) is 5.33. The largest absolute Gasteiger partial charge is 0.490 e. The second kappa shape index (κ2) is 13.1. The lowest BCUT2D eigenvalue weighted by atomic mass is 9.86. The minimum Gasteiger partial charge on any atom is -0.475 e. The van der Waals surface area contributed by atoms with Crippen LogP contribution in [0.15, 0.2) is 48.5 Å². The molecule has 1 aromatic heterocycles. The van der Waals surface area contributed by atoms with Gasteiger partial charge in [0.05, 0.1) is 11.1 Å². The molecule has 12 heteroatoms. The second-order valence-corrected chi connectivity index (χ2v) is 10.3. The zero-order chi connectivity index (χ0) is 27.9. The fourth-order valence-corrected chi connectivity index (χ4v) is 4.77. The summed E-state index contributed by atoms with van der Waals surface area (Å²) in [6, 6.07) is 16.2. The van der Waals surface area contributed by atoms with Gasteiger partial charge in [0.15, 0.2) is 0 Å². The number of anilines is 2. The number of aromatic nitrogens is 2. The van der Waals surface area contributed by atoms with Crippen LogP contribution in [0.3, 0.4) is 0 Å². The van der Waals surface area contributed by atoms with Crippen LogP contribution in [0.4, 0.5) is 24.9 Å². The number of hydrogen-bond acceptors (Lipinski definition) is 6. The summed E-state index contributed by atoms with van der Waals surface area (Å²) >= 11 is 2.21. The average Bonchev–Trinajstić information content (AvgIpc) is 2.87. The smallest absolute Gasteiger partial charge is 0.475 e. The number of nitrogens with zero attached hydrogens (tertiary/aromatic N) is 3. The standard InChI is InChI=1S/C24H28IN5O.C2HF3O2/c1-30(2)22-19-8-4-6-10-21(19)28-24(29-22)27-17-13-11-16(12-14-17)15-26-23(31)18-7-3-5-9-20(18)25;3-2(4,5)1(6)7/h3-10,16-17H,11-15H2,1-2H3,(H,26,31)(H,27,28,29);(H,6,7). The van der Waals surface area contributed by atoms with Crippen LogP contribution in [0.1, 0.15) is 36.0 Å². The summed E-state index contributed by atoms with van der Waals surface area (Å²) in [6.07, 6.45) is -0.816. The summed E-state index contributed by atoms with van der Waals surface area (Å²) in [5, 5.41) is 14.9. The Hall–Kier alpha value is -3.16. The van der Waals surface area contributed by atoms with Crippen LogP contribution in [0.5, 0.6) is 0 Å². The van der Waals surface area contributed by atoms with Gasteiger partial charge in [-0.05, 0) is 78.5 Å². The minimum atomic E-state index is -5.08. The lowest BCUT2D eigenvalue weighted by Crippen LogP contribution is -2.34. The number of hydrogen-bond donors (Lipinski definition) is 3. The van der Waals surface area contributed by atoms with Gasteiger partial charge in [0, 0.05) is 35.6 Å². The van der Waals surface area contributed by atoms with Crippen LogP contribution in [-0.2, 0) is 4.79 Å². The van der Waals surface area contributed by atoms with Crippen molar-refractivity contribution in [2.45, 2.75) is 37.9 Å². The summed E-state index contributed by atoms with van der Waals surface area (Å²) in [6.45, 7) is 0.730. The number of carbonyl (C=O) groups excluding carboxylic acids is 1. The van der Waals surface area contributed by atoms with Gasteiger partial charge in [-0.2, -0.15) is 18.2 Å². The fourth-order valence-electron chi connectivity index (χ4n) is 4.14. The molecule has 1 amide bonds. The van der Waals surface area contributed by atoms with Crippen molar-refractivity contribution in [3.8, 4) is 0 Å². The summed E-state index contributed by atoms with van der Waals surface area (Å²) < 4.78 is 32.7. The van der Waals surface area contributed by atoms with Crippen molar-refractivity contribution in [3.63, 3.8) is 0 Å². The van der Waals surface area contributed by atoms with Crippen molar-refractivity contribution in [1.29, 1.82) is 0 Å². The molecule has 3 aromatic rings. The van der Waals surface area contributed by atoms with Gasteiger partial charge in [-0.1, -0.05) is 24.3 Å². The molecule has 0 saturated heterocycles. The number of rotatable bonds is 6. The maximum atomic E-state index is 12.5. The summed E-state index contributed by atoms with van der Waals surface area (Å²) in [5.41, 5.74) is 1.71. The zero-order valence-corrected chi connectivity index (χ0v) is 23.1. The molecule has 0 unspecified atom stereocenters. The maximum Gasteiger partial charge on any atom is 0.490 e. The van der Waals surface area contributed by atoms with E-state index in [0.717, 1.165) is 58.1 Å². The third-order valence-electron chi connectivity index (χ3n) is 6.10. The Bertz CT molecular complexity index is 1260. The van der Waals surface area contributed by atoms with Gasteiger partial charge in [0.25, 0.3) is 5.91 Å². The first kappa shape index (κ1) is 29.4. The van der Waals surface area contributed by atoms with E-state index in [4.69, 9.17) is 19.9 Å². The Morgan fingerprint density at radius 3 is 2.24 bits per heavy atom. The SMILES string of the molecule is CN(C)c1nc(NC2CCC(CNC(=O)c3ccccc3I)CC2)nc2ccccc12.O=C(O)C(F)(F)F. The van der Waals surface area contributed by atoms with Crippen LogP contribution in [-0.4, -0.2) is 59.8 Å². The third-order valence-corrected chi connectivity index (χ3v) is 7.04. The summed E-state index contributed by atoms with van der Waals surface area (Å²) in [4.78, 5) is 32.9. The molecule has 0 spiro atoms. The lowest BCUT2D eigenvalue weighted by molar-refractivity contribution is -0.192. The van der Waals surface area contributed by atoms with E-state index in [2.05, 4.69) is 39.3 Å². The molecule has 0 atom stereocenters. The number of para-hydroxylation sites is 1. The molecule has 8 nitrogen and oxygen atoms in total. The number of halogens is 4. The van der Waals surface area contributed by atoms with E-state index in [1.165, 1.54) is 0 Å². The highest BCUT2D eigenvalue weighted by Gasteiger charge is 2.38. The number of amides is 1. The zero-order valence-electron chi connectivity index (χ0n) is 20.9. The molecule has 4 rings (SSSR count). The number of nitrogens with one attached hydrogen (secondary N) is 2. The molecule has 0 bridgehead atoms. The van der Waals surface area contributed by atoms with Crippen molar-refractivity contribution >= 4 is 57.1 Å². The lowest BCUT2D eigenvalue weighted by Gasteiger charge is -2.29. The third kappa shape index (κ3) is 8.17. The van der Waals surface area contributed by atoms with Crippen molar-refractivity contribution in [3.05, 3.63) is 57.7 Å². The topological polar surface area (TPSA) is 107 Å². The van der Waals surface area contributed by atoms with Crippen LogP contribution in [0.2, 0.25) is 0 Å². The van der Waals surface area contributed by atoms with Gasteiger partial charge in [0.2, 0.25) is 5.95 Å². The molecule has 204 valence electrons. The first-order valence-electron chi connectivity index (χ1n) is 12.0. The number of benzene rings is 2. The second-order valence-electron chi connectivity index (χ2n) is 9.14. The Balaban J connectivity index is 0.000000505. The Kier molecular flexibility index (Phi) is 10.1. The van der Waals surface area contributed by atoms with E-state index in [1.54, 1.807) is 0 Å². The normalized spacial score (nSPS) is 17.2. The Morgan fingerprint density at radius 1 is 1.03 bits per heavy atom. The maximum absolute atomic E-state index is 12.5. The Labute approximate surface area is 232 Å². The first-order chi connectivity index (χ1) is 18.0. The van der Waals surface area contributed by atoms with E-state index >= 15 is 0 Å². The monoisotopic (exact) mass is 643 g/mol. The molecule has 1 saturated carbocycles. The van der Waals surface area contributed by atoms with Gasteiger partial charge in [-0.3, -0.25) is 4.79 Å². The van der Waals surface area contributed by atoms with Crippen molar-refractivity contribution in [2.24, 2.45) is 5.92 Å². The van der Waals surface area contributed by atoms with Crippen LogP contribution >= 0.6 is 22.6 Å².